The Labute approximate surface area is 71.1 Å². The summed E-state index contributed by atoms with van der Waals surface area (Å²) in [5, 5.41) is 3.20. The Morgan fingerprint density at radius 2 is 2.45 bits per heavy atom. The standard InChI is InChI=1S/C7H14N2OS/c1-11-4-6(7(8)10)9-5-2-3-5/h5-6,9H,2-4H2,1H3,(H2,8,10). The highest BCUT2D eigenvalue weighted by molar-refractivity contribution is 7.98. The number of nitrogens with one attached hydrogen (secondary N) is 1. The van der Waals surface area contributed by atoms with Crippen LogP contribution in [0.4, 0.5) is 0 Å². The number of rotatable bonds is 5. The molecule has 4 heteroatoms. The number of hydrogen-bond acceptors (Lipinski definition) is 3. The summed E-state index contributed by atoms with van der Waals surface area (Å²) >= 11 is 1.64. The van der Waals surface area contributed by atoms with E-state index in [1.807, 2.05) is 6.26 Å². The van der Waals surface area contributed by atoms with Crippen LogP contribution in [0.3, 0.4) is 0 Å². The number of nitrogens with two attached hydrogens (primary N) is 1. The van der Waals surface area contributed by atoms with E-state index in [2.05, 4.69) is 5.32 Å². The Hall–Kier alpha value is -0.220. The van der Waals surface area contributed by atoms with E-state index in [1.54, 1.807) is 11.8 Å². The van der Waals surface area contributed by atoms with Crippen molar-refractivity contribution in [3.8, 4) is 0 Å². The highest BCUT2D eigenvalue weighted by atomic mass is 32.2. The molecule has 0 spiro atoms. The normalized spacial score (nSPS) is 19.7. The third kappa shape index (κ3) is 3.12. The van der Waals surface area contributed by atoms with Crippen molar-refractivity contribution in [2.75, 3.05) is 12.0 Å². The van der Waals surface area contributed by atoms with Crippen LogP contribution >= 0.6 is 11.8 Å². The molecule has 1 fully saturated rings. The van der Waals surface area contributed by atoms with E-state index in [9.17, 15) is 4.79 Å². The monoisotopic (exact) mass is 174 g/mol. The van der Waals surface area contributed by atoms with E-state index in [-0.39, 0.29) is 11.9 Å². The van der Waals surface area contributed by atoms with Crippen molar-refractivity contribution < 1.29 is 4.79 Å². The van der Waals surface area contributed by atoms with Gasteiger partial charge in [0.05, 0.1) is 6.04 Å². The molecule has 0 saturated heterocycles. The van der Waals surface area contributed by atoms with Crippen LogP contribution in [0.15, 0.2) is 0 Å². The SMILES string of the molecule is CSCC(NC1CC1)C(N)=O. The maximum Gasteiger partial charge on any atom is 0.235 e. The minimum absolute atomic E-state index is 0.127. The smallest absolute Gasteiger partial charge is 0.235 e. The lowest BCUT2D eigenvalue weighted by Crippen LogP contribution is -2.44. The first-order valence-corrected chi connectivity index (χ1v) is 5.17. The van der Waals surface area contributed by atoms with E-state index in [0.717, 1.165) is 5.75 Å². The van der Waals surface area contributed by atoms with Gasteiger partial charge in [0, 0.05) is 11.8 Å². The van der Waals surface area contributed by atoms with Crippen LogP contribution in [0.25, 0.3) is 0 Å². The molecule has 1 aliphatic carbocycles. The maximum atomic E-state index is 10.8. The summed E-state index contributed by atoms with van der Waals surface area (Å²) in [6.07, 6.45) is 4.36. The Morgan fingerprint density at radius 1 is 1.82 bits per heavy atom. The number of carbonyl (C=O) groups excluding carboxylic acids is 1. The van der Waals surface area contributed by atoms with Gasteiger partial charge in [0.2, 0.25) is 5.91 Å². The van der Waals surface area contributed by atoms with Gasteiger partial charge in [-0.25, -0.2) is 0 Å². The first-order valence-electron chi connectivity index (χ1n) is 3.78. The lowest BCUT2D eigenvalue weighted by Gasteiger charge is -2.12. The number of hydrogen-bond donors (Lipinski definition) is 2. The molecule has 64 valence electrons. The molecular formula is C7H14N2OS. The van der Waals surface area contributed by atoms with Crippen molar-refractivity contribution in [3.05, 3.63) is 0 Å². The van der Waals surface area contributed by atoms with Crippen molar-refractivity contribution in [2.24, 2.45) is 5.73 Å². The highest BCUT2D eigenvalue weighted by Gasteiger charge is 2.26. The molecule has 1 rings (SSSR count). The van der Waals surface area contributed by atoms with Gasteiger partial charge in [0.25, 0.3) is 0 Å². The Balaban J connectivity index is 2.24. The van der Waals surface area contributed by atoms with Crippen LogP contribution in [0.5, 0.6) is 0 Å². The van der Waals surface area contributed by atoms with E-state index >= 15 is 0 Å². The van der Waals surface area contributed by atoms with Crippen LogP contribution < -0.4 is 11.1 Å². The highest BCUT2D eigenvalue weighted by Crippen LogP contribution is 2.19. The van der Waals surface area contributed by atoms with Crippen molar-refractivity contribution in [1.29, 1.82) is 0 Å². The van der Waals surface area contributed by atoms with Crippen LogP contribution in [0, 0.1) is 0 Å². The molecule has 0 bridgehead atoms. The average molecular weight is 174 g/mol. The lowest BCUT2D eigenvalue weighted by atomic mass is 10.3. The Morgan fingerprint density at radius 3 is 2.82 bits per heavy atom. The summed E-state index contributed by atoms with van der Waals surface area (Å²) in [6.45, 7) is 0. The molecule has 0 aliphatic heterocycles. The van der Waals surface area contributed by atoms with Crippen molar-refractivity contribution in [1.82, 2.24) is 5.32 Å². The van der Waals surface area contributed by atoms with Crippen LogP contribution in [-0.4, -0.2) is 30.0 Å². The molecule has 1 amide bonds. The van der Waals surface area contributed by atoms with Gasteiger partial charge in [-0.2, -0.15) is 11.8 Å². The van der Waals surface area contributed by atoms with Gasteiger partial charge in [0.1, 0.15) is 0 Å². The Kier molecular flexibility index (Phi) is 3.20. The fourth-order valence-corrected chi connectivity index (χ4v) is 1.51. The number of primary amides is 1. The average Bonchev–Trinajstić information content (AvgIpc) is 2.70. The fraction of sp³-hybridized carbons (Fsp3) is 0.857. The molecule has 0 radical (unpaired) electrons. The molecular weight excluding hydrogens is 160 g/mol. The molecule has 3 N–H and O–H groups in total. The molecule has 1 atom stereocenters. The third-order valence-corrected chi connectivity index (χ3v) is 2.36. The van der Waals surface area contributed by atoms with Crippen LogP contribution in [-0.2, 0) is 4.79 Å². The third-order valence-electron chi connectivity index (χ3n) is 1.69. The zero-order valence-corrected chi connectivity index (χ0v) is 7.49. The minimum Gasteiger partial charge on any atom is -0.368 e. The molecule has 3 nitrogen and oxygen atoms in total. The second kappa shape index (κ2) is 3.97. The van der Waals surface area contributed by atoms with Gasteiger partial charge in [0.15, 0.2) is 0 Å². The molecule has 1 unspecified atom stereocenters. The van der Waals surface area contributed by atoms with Gasteiger partial charge in [-0.05, 0) is 19.1 Å². The number of amides is 1. The van der Waals surface area contributed by atoms with Crippen LogP contribution in [0.2, 0.25) is 0 Å². The molecule has 0 aromatic rings. The lowest BCUT2D eigenvalue weighted by molar-refractivity contribution is -0.119. The molecule has 0 aromatic heterocycles. The summed E-state index contributed by atoms with van der Waals surface area (Å²) in [5.74, 6) is 0.553. The number of carbonyl (C=O) groups is 1. The molecule has 0 aromatic carbocycles. The predicted octanol–water partition coefficient (Wildman–Crippen LogP) is -0.0447. The summed E-state index contributed by atoms with van der Waals surface area (Å²) in [5.41, 5.74) is 5.18. The van der Waals surface area contributed by atoms with E-state index in [0.29, 0.717) is 6.04 Å². The van der Waals surface area contributed by atoms with Gasteiger partial charge in [-0.3, -0.25) is 4.79 Å². The van der Waals surface area contributed by atoms with Gasteiger partial charge in [-0.15, -0.1) is 0 Å². The van der Waals surface area contributed by atoms with Gasteiger partial charge < -0.3 is 11.1 Å². The zero-order valence-electron chi connectivity index (χ0n) is 6.67. The topological polar surface area (TPSA) is 55.1 Å². The molecule has 0 heterocycles. The maximum absolute atomic E-state index is 10.8. The second-order valence-electron chi connectivity index (χ2n) is 2.85. The first kappa shape index (κ1) is 8.87. The Bertz CT molecular complexity index is 147. The predicted molar refractivity (Wildman–Crippen MR) is 47.5 cm³/mol. The first-order chi connectivity index (χ1) is 5.24. The fourth-order valence-electron chi connectivity index (χ4n) is 0.914. The molecule has 11 heavy (non-hydrogen) atoms. The summed E-state index contributed by atoms with van der Waals surface area (Å²) < 4.78 is 0. The number of thioether (sulfide) groups is 1. The summed E-state index contributed by atoms with van der Waals surface area (Å²) in [6, 6.07) is 0.428. The minimum atomic E-state index is -0.230. The second-order valence-corrected chi connectivity index (χ2v) is 3.76. The van der Waals surface area contributed by atoms with Gasteiger partial charge >= 0.3 is 0 Å². The van der Waals surface area contributed by atoms with E-state index in [1.165, 1.54) is 12.8 Å². The quantitative estimate of drug-likeness (QED) is 0.614. The van der Waals surface area contributed by atoms with Crippen LogP contribution in [0.1, 0.15) is 12.8 Å². The molecule has 1 aliphatic rings. The summed E-state index contributed by atoms with van der Waals surface area (Å²) in [7, 11) is 0. The summed E-state index contributed by atoms with van der Waals surface area (Å²) in [4.78, 5) is 10.8. The molecule has 1 saturated carbocycles. The van der Waals surface area contributed by atoms with Crippen molar-refractivity contribution in [2.45, 2.75) is 24.9 Å². The van der Waals surface area contributed by atoms with E-state index in [4.69, 9.17) is 5.73 Å². The van der Waals surface area contributed by atoms with Crippen molar-refractivity contribution >= 4 is 17.7 Å². The van der Waals surface area contributed by atoms with Crippen molar-refractivity contribution in [3.63, 3.8) is 0 Å². The zero-order chi connectivity index (χ0) is 8.27. The van der Waals surface area contributed by atoms with Gasteiger partial charge in [-0.1, -0.05) is 0 Å². The van der Waals surface area contributed by atoms with E-state index < -0.39 is 0 Å². The largest absolute Gasteiger partial charge is 0.368 e.